The van der Waals surface area contributed by atoms with Gasteiger partial charge in [0.25, 0.3) is 0 Å². The van der Waals surface area contributed by atoms with Crippen molar-refractivity contribution in [3.63, 3.8) is 0 Å². The molecule has 3 N–H and O–H groups in total. The Balaban J connectivity index is 3.17. The van der Waals surface area contributed by atoms with Crippen LogP contribution in [0, 0.1) is 0 Å². The zero-order valence-corrected chi connectivity index (χ0v) is 8.46. The Labute approximate surface area is 73.5 Å². The molecule has 0 radical (unpaired) electrons. The first-order valence-corrected chi connectivity index (χ1v) is 6.17. The predicted octanol–water partition coefficient (Wildman–Crippen LogP) is 0.739. The molecule has 4 heteroatoms. The van der Waals surface area contributed by atoms with E-state index < -0.39 is 12.0 Å². The second kappa shape index (κ2) is 6.65. The van der Waals surface area contributed by atoms with Crippen molar-refractivity contribution < 1.29 is 9.90 Å². The van der Waals surface area contributed by atoms with Gasteiger partial charge in [-0.25, -0.2) is 0 Å². The van der Waals surface area contributed by atoms with Crippen LogP contribution in [-0.2, 0) is 4.79 Å². The third-order valence-corrected chi connectivity index (χ3v) is 3.72. The van der Waals surface area contributed by atoms with Gasteiger partial charge in [0.1, 0.15) is 0 Å². The summed E-state index contributed by atoms with van der Waals surface area (Å²) in [5, 5.41) is 10.2. The molecule has 0 fully saturated rings. The Morgan fingerprint density at radius 3 is 2.82 bits per heavy atom. The van der Waals surface area contributed by atoms with Gasteiger partial charge in [0.15, 0.2) is 0 Å². The summed E-state index contributed by atoms with van der Waals surface area (Å²) in [6.45, 7) is 2.13. The van der Waals surface area contributed by atoms with Crippen molar-refractivity contribution in [3.8, 4) is 0 Å². The van der Waals surface area contributed by atoms with Crippen LogP contribution in [0.3, 0.4) is 0 Å². The number of carboxylic acid groups (broad SMARTS) is 1. The number of rotatable bonds is 6. The van der Waals surface area contributed by atoms with Crippen LogP contribution in [0.25, 0.3) is 0 Å². The molecule has 0 rings (SSSR count). The van der Waals surface area contributed by atoms with Crippen molar-refractivity contribution >= 4 is 20.9 Å². The van der Waals surface area contributed by atoms with E-state index in [9.17, 15) is 4.79 Å². The molecule has 0 aromatic carbocycles. The van der Waals surface area contributed by atoms with Crippen LogP contribution in [0.15, 0.2) is 0 Å². The van der Waals surface area contributed by atoms with Crippen molar-refractivity contribution in [2.75, 3.05) is 0 Å². The molecule has 0 bridgehead atoms. The number of aliphatic carboxylic acids is 1. The predicted molar refractivity (Wildman–Crippen MR) is 45.9 cm³/mol. The van der Waals surface area contributed by atoms with Crippen LogP contribution >= 0.6 is 0 Å². The van der Waals surface area contributed by atoms with Crippen molar-refractivity contribution in [3.05, 3.63) is 0 Å². The zero-order chi connectivity index (χ0) is 8.69. The Bertz CT molecular complexity index is 119. The van der Waals surface area contributed by atoms with Crippen LogP contribution in [-0.4, -0.2) is 32.1 Å². The van der Waals surface area contributed by atoms with E-state index in [1.54, 1.807) is 0 Å². The Kier molecular flexibility index (Phi) is 6.62. The fourth-order valence-electron chi connectivity index (χ4n) is 0.528. The first-order chi connectivity index (χ1) is 5.18. The number of hydrogen-bond acceptors (Lipinski definition) is 2. The first kappa shape index (κ1) is 10.9. The van der Waals surface area contributed by atoms with Gasteiger partial charge in [-0.15, -0.1) is 0 Å². The van der Waals surface area contributed by atoms with Crippen LogP contribution in [0.2, 0.25) is 10.6 Å². The number of nitrogens with two attached hydrogens (primary N) is 1. The SMILES string of the molecule is CCCC[Se]C[C@H](N)C(=O)O. The van der Waals surface area contributed by atoms with E-state index in [0.717, 1.165) is 5.32 Å². The summed E-state index contributed by atoms with van der Waals surface area (Å²) in [6, 6.07) is -0.633. The number of unbranched alkanes of at least 4 members (excludes halogenated alkanes) is 1. The van der Waals surface area contributed by atoms with Crippen LogP contribution < -0.4 is 5.73 Å². The third-order valence-electron chi connectivity index (χ3n) is 1.26. The Hall–Kier alpha value is -0.0505. The standard InChI is InChI=1S/C7H15NO2Se/c1-2-3-4-11-5-6(8)7(9)10/h6H,2-5,8H2,1H3,(H,9,10)/t6-/m0/s1. The van der Waals surface area contributed by atoms with E-state index in [1.165, 1.54) is 12.8 Å². The van der Waals surface area contributed by atoms with E-state index in [4.69, 9.17) is 10.8 Å². The van der Waals surface area contributed by atoms with Gasteiger partial charge in [-0.1, -0.05) is 0 Å². The van der Waals surface area contributed by atoms with Gasteiger partial charge >= 0.3 is 73.0 Å². The average Bonchev–Trinajstić information content (AvgIpc) is 1.97. The van der Waals surface area contributed by atoms with Gasteiger partial charge in [-0.05, 0) is 0 Å². The summed E-state index contributed by atoms with van der Waals surface area (Å²) in [6.07, 6.45) is 2.39. The van der Waals surface area contributed by atoms with Gasteiger partial charge < -0.3 is 0 Å². The van der Waals surface area contributed by atoms with Crippen LogP contribution in [0.4, 0.5) is 0 Å². The third kappa shape index (κ3) is 6.35. The van der Waals surface area contributed by atoms with E-state index >= 15 is 0 Å². The summed E-state index contributed by atoms with van der Waals surface area (Å²) in [4.78, 5) is 10.2. The molecular weight excluding hydrogens is 209 g/mol. The van der Waals surface area contributed by atoms with E-state index in [-0.39, 0.29) is 0 Å². The minimum absolute atomic E-state index is 0.424. The van der Waals surface area contributed by atoms with Crippen molar-refractivity contribution in [2.45, 2.75) is 36.4 Å². The molecule has 0 amide bonds. The van der Waals surface area contributed by atoms with Gasteiger partial charge in [0, 0.05) is 0 Å². The summed E-state index contributed by atoms with van der Waals surface area (Å²) < 4.78 is 0. The number of carbonyl (C=O) groups is 1. The zero-order valence-electron chi connectivity index (χ0n) is 6.75. The molecule has 0 saturated carbocycles. The molecule has 0 aliphatic rings. The second-order valence-electron chi connectivity index (χ2n) is 2.37. The summed E-state index contributed by atoms with van der Waals surface area (Å²) in [5.41, 5.74) is 5.31. The fourth-order valence-corrected chi connectivity index (χ4v) is 2.74. The van der Waals surface area contributed by atoms with Crippen LogP contribution in [0.5, 0.6) is 0 Å². The minimum atomic E-state index is -0.872. The number of hydrogen-bond donors (Lipinski definition) is 2. The molecular formula is C7H15NO2Se. The van der Waals surface area contributed by atoms with Crippen molar-refractivity contribution in [1.29, 1.82) is 0 Å². The van der Waals surface area contributed by atoms with Crippen molar-refractivity contribution in [2.24, 2.45) is 5.73 Å². The van der Waals surface area contributed by atoms with Crippen LogP contribution in [0.1, 0.15) is 19.8 Å². The van der Waals surface area contributed by atoms with E-state index in [1.807, 2.05) is 0 Å². The summed E-state index contributed by atoms with van der Waals surface area (Å²) >= 11 is 0.424. The molecule has 0 aromatic heterocycles. The molecule has 0 spiro atoms. The molecule has 66 valence electrons. The molecule has 0 unspecified atom stereocenters. The maximum atomic E-state index is 10.2. The molecule has 0 heterocycles. The molecule has 0 aromatic rings. The molecule has 0 saturated heterocycles. The topological polar surface area (TPSA) is 63.3 Å². The fraction of sp³-hybridized carbons (Fsp3) is 0.857. The van der Waals surface area contributed by atoms with Gasteiger partial charge in [0.05, 0.1) is 0 Å². The normalized spacial score (nSPS) is 12.9. The second-order valence-corrected chi connectivity index (χ2v) is 4.79. The number of carboxylic acids is 1. The van der Waals surface area contributed by atoms with E-state index in [2.05, 4.69) is 6.92 Å². The summed E-state index contributed by atoms with van der Waals surface area (Å²) in [7, 11) is 0. The molecule has 0 aliphatic carbocycles. The van der Waals surface area contributed by atoms with E-state index in [0.29, 0.717) is 20.3 Å². The van der Waals surface area contributed by atoms with Gasteiger partial charge in [0.2, 0.25) is 0 Å². The monoisotopic (exact) mass is 225 g/mol. The summed E-state index contributed by atoms with van der Waals surface area (Å²) in [5.74, 6) is -0.872. The average molecular weight is 224 g/mol. The maximum absolute atomic E-state index is 10.2. The van der Waals surface area contributed by atoms with Gasteiger partial charge in [-0.3, -0.25) is 0 Å². The van der Waals surface area contributed by atoms with Gasteiger partial charge in [-0.2, -0.15) is 0 Å². The van der Waals surface area contributed by atoms with Crippen molar-refractivity contribution in [1.82, 2.24) is 0 Å². The quantitative estimate of drug-likeness (QED) is 0.516. The first-order valence-electron chi connectivity index (χ1n) is 3.74. The Morgan fingerprint density at radius 1 is 1.73 bits per heavy atom. The Morgan fingerprint density at radius 2 is 2.36 bits per heavy atom. The molecule has 3 nitrogen and oxygen atoms in total. The molecule has 11 heavy (non-hydrogen) atoms. The molecule has 0 aliphatic heterocycles. The molecule has 1 atom stereocenters.